The van der Waals surface area contributed by atoms with Gasteiger partial charge in [0.15, 0.2) is 9.84 Å². The topological polar surface area (TPSA) is 40.6 Å². The van der Waals surface area contributed by atoms with Gasteiger partial charge in [0.1, 0.15) is 5.82 Å². The Morgan fingerprint density at radius 1 is 0.963 bits per heavy atom. The van der Waals surface area contributed by atoms with E-state index in [9.17, 15) is 12.8 Å². The molecule has 2 aromatic carbocycles. The fraction of sp³-hybridized carbons (Fsp3) is 0.429. The minimum atomic E-state index is -3.34. The number of halogens is 1. The van der Waals surface area contributed by atoms with E-state index in [1.54, 1.807) is 0 Å². The molecule has 0 N–H and O–H groups in total. The van der Waals surface area contributed by atoms with Gasteiger partial charge in [-0.15, -0.1) is 0 Å². The molecule has 0 radical (unpaired) electrons. The molecule has 1 aliphatic rings. The Morgan fingerprint density at radius 2 is 1.63 bits per heavy atom. The third-order valence-corrected chi connectivity index (χ3v) is 6.83. The third kappa shape index (κ3) is 5.86. The molecule has 1 aliphatic heterocycles. The number of piperazine rings is 1. The molecule has 3 rings (SSSR count). The summed E-state index contributed by atoms with van der Waals surface area (Å²) in [6.45, 7) is 7.77. The van der Waals surface area contributed by atoms with Crippen LogP contribution < -0.4 is 0 Å². The Labute approximate surface area is 161 Å². The average molecular weight is 391 g/mol. The van der Waals surface area contributed by atoms with Crippen LogP contribution in [-0.2, 0) is 16.4 Å². The minimum absolute atomic E-state index is 0.0993. The number of hydrogen-bond donors (Lipinski definition) is 0. The van der Waals surface area contributed by atoms with Crippen molar-refractivity contribution in [3.05, 3.63) is 65.5 Å². The Kier molecular flexibility index (Phi) is 6.63. The number of rotatable bonds is 7. The van der Waals surface area contributed by atoms with Crippen LogP contribution >= 0.6 is 0 Å². The van der Waals surface area contributed by atoms with Crippen LogP contribution in [0.5, 0.6) is 0 Å². The highest BCUT2D eigenvalue weighted by molar-refractivity contribution is 7.91. The second-order valence-corrected chi connectivity index (χ2v) is 9.34. The van der Waals surface area contributed by atoms with Gasteiger partial charge >= 0.3 is 0 Å². The van der Waals surface area contributed by atoms with Gasteiger partial charge in [-0.25, -0.2) is 12.8 Å². The maximum Gasteiger partial charge on any atom is 0.178 e. The summed E-state index contributed by atoms with van der Waals surface area (Å²) in [5.74, 6) is -0.320. The van der Waals surface area contributed by atoms with Crippen molar-refractivity contribution in [3.63, 3.8) is 0 Å². The Bertz CT molecular complexity index is 845. The summed E-state index contributed by atoms with van der Waals surface area (Å²) in [6, 6.07) is 13.7. The molecular formula is C21H27FN2O2S. The lowest BCUT2D eigenvalue weighted by molar-refractivity contribution is 0.127. The van der Waals surface area contributed by atoms with Gasteiger partial charge in [0.05, 0.1) is 10.6 Å². The number of nitrogens with zero attached hydrogens (tertiary/aromatic N) is 2. The van der Waals surface area contributed by atoms with E-state index in [4.69, 9.17) is 0 Å². The second-order valence-electron chi connectivity index (χ2n) is 7.23. The number of sulfone groups is 1. The van der Waals surface area contributed by atoms with Gasteiger partial charge in [0.2, 0.25) is 0 Å². The van der Waals surface area contributed by atoms with Crippen molar-refractivity contribution in [2.75, 3.05) is 38.5 Å². The standard InChI is InChI=1S/C21H27FN2O2S/c1-18-4-2-5-19(16-18)17-24-13-11-23(12-14-24)10-3-15-27(25,26)21-8-6-20(22)7-9-21/h2,4-9,16H,3,10-15,17H2,1H3. The van der Waals surface area contributed by atoms with E-state index in [0.717, 1.165) is 39.3 Å². The molecule has 4 nitrogen and oxygen atoms in total. The van der Waals surface area contributed by atoms with E-state index < -0.39 is 15.7 Å². The molecule has 0 amide bonds. The average Bonchev–Trinajstić information content (AvgIpc) is 2.63. The fourth-order valence-electron chi connectivity index (χ4n) is 3.48. The first-order chi connectivity index (χ1) is 12.9. The van der Waals surface area contributed by atoms with Crippen LogP contribution in [0.4, 0.5) is 4.39 Å². The zero-order chi connectivity index (χ0) is 19.3. The lowest BCUT2D eigenvalue weighted by Gasteiger charge is -2.34. The molecule has 2 aromatic rings. The first-order valence-electron chi connectivity index (χ1n) is 9.41. The SMILES string of the molecule is Cc1cccc(CN2CCN(CCCS(=O)(=O)c3ccc(F)cc3)CC2)c1. The molecule has 0 saturated carbocycles. The predicted octanol–water partition coefficient (Wildman–Crippen LogP) is 3.12. The Hall–Kier alpha value is -1.76. The number of aryl methyl sites for hydroxylation is 1. The van der Waals surface area contributed by atoms with E-state index in [-0.39, 0.29) is 10.6 Å². The third-order valence-electron chi connectivity index (χ3n) is 5.01. The highest BCUT2D eigenvalue weighted by atomic mass is 32.2. The first kappa shape index (κ1) is 20.0. The van der Waals surface area contributed by atoms with Crippen LogP contribution in [0.2, 0.25) is 0 Å². The molecule has 146 valence electrons. The monoisotopic (exact) mass is 390 g/mol. The van der Waals surface area contributed by atoms with Gasteiger partial charge in [-0.2, -0.15) is 0 Å². The molecule has 0 atom stereocenters. The zero-order valence-electron chi connectivity index (χ0n) is 15.8. The lowest BCUT2D eigenvalue weighted by Crippen LogP contribution is -2.46. The number of hydrogen-bond acceptors (Lipinski definition) is 4. The van der Waals surface area contributed by atoms with Crippen molar-refractivity contribution in [3.8, 4) is 0 Å². The Morgan fingerprint density at radius 3 is 2.30 bits per heavy atom. The molecule has 0 aromatic heterocycles. The summed E-state index contributed by atoms with van der Waals surface area (Å²) in [5.41, 5.74) is 2.63. The van der Waals surface area contributed by atoms with Crippen molar-refractivity contribution in [2.24, 2.45) is 0 Å². The summed E-state index contributed by atoms with van der Waals surface area (Å²) >= 11 is 0. The molecule has 1 heterocycles. The summed E-state index contributed by atoms with van der Waals surface area (Å²) in [4.78, 5) is 4.97. The maximum absolute atomic E-state index is 13.0. The fourth-order valence-corrected chi connectivity index (χ4v) is 4.77. The van der Waals surface area contributed by atoms with Crippen molar-refractivity contribution in [1.82, 2.24) is 9.80 Å². The normalized spacial score (nSPS) is 16.5. The molecule has 0 aliphatic carbocycles. The van der Waals surface area contributed by atoms with E-state index >= 15 is 0 Å². The first-order valence-corrected chi connectivity index (χ1v) is 11.1. The van der Waals surface area contributed by atoms with Gasteiger partial charge in [-0.05, 0) is 49.7 Å². The zero-order valence-corrected chi connectivity index (χ0v) is 16.6. The van der Waals surface area contributed by atoms with Crippen molar-refractivity contribution in [2.45, 2.75) is 24.8 Å². The molecule has 1 saturated heterocycles. The van der Waals surface area contributed by atoms with Crippen LogP contribution in [0.25, 0.3) is 0 Å². The van der Waals surface area contributed by atoms with Gasteiger partial charge in [0, 0.05) is 32.7 Å². The van der Waals surface area contributed by atoms with Crippen LogP contribution in [0.3, 0.4) is 0 Å². The van der Waals surface area contributed by atoms with E-state index in [0.29, 0.717) is 6.42 Å². The van der Waals surface area contributed by atoms with Crippen LogP contribution in [0.1, 0.15) is 17.5 Å². The van der Waals surface area contributed by atoms with Crippen molar-refractivity contribution < 1.29 is 12.8 Å². The Balaban J connectivity index is 1.41. The van der Waals surface area contributed by atoms with Crippen LogP contribution in [0, 0.1) is 12.7 Å². The molecule has 27 heavy (non-hydrogen) atoms. The molecular weight excluding hydrogens is 363 g/mol. The highest BCUT2D eigenvalue weighted by Gasteiger charge is 2.19. The maximum atomic E-state index is 13.0. The predicted molar refractivity (Wildman–Crippen MR) is 106 cm³/mol. The van der Waals surface area contributed by atoms with Crippen molar-refractivity contribution in [1.29, 1.82) is 0 Å². The van der Waals surface area contributed by atoms with Crippen LogP contribution in [0.15, 0.2) is 53.4 Å². The van der Waals surface area contributed by atoms with Gasteiger partial charge < -0.3 is 4.90 Å². The van der Waals surface area contributed by atoms with Crippen molar-refractivity contribution >= 4 is 9.84 Å². The molecule has 0 bridgehead atoms. The van der Waals surface area contributed by atoms with Gasteiger partial charge in [-0.1, -0.05) is 29.8 Å². The van der Waals surface area contributed by atoms with E-state index in [1.807, 2.05) is 0 Å². The lowest BCUT2D eigenvalue weighted by atomic mass is 10.1. The van der Waals surface area contributed by atoms with E-state index in [2.05, 4.69) is 41.0 Å². The highest BCUT2D eigenvalue weighted by Crippen LogP contribution is 2.14. The van der Waals surface area contributed by atoms with Gasteiger partial charge in [0.25, 0.3) is 0 Å². The summed E-state index contributed by atoms with van der Waals surface area (Å²) in [6.07, 6.45) is 0.595. The van der Waals surface area contributed by atoms with E-state index in [1.165, 1.54) is 35.4 Å². The van der Waals surface area contributed by atoms with Gasteiger partial charge in [-0.3, -0.25) is 4.90 Å². The molecule has 1 fully saturated rings. The minimum Gasteiger partial charge on any atom is -0.301 e. The molecule has 0 spiro atoms. The smallest absolute Gasteiger partial charge is 0.178 e. The largest absolute Gasteiger partial charge is 0.301 e. The summed E-state index contributed by atoms with van der Waals surface area (Å²) in [5, 5.41) is 0. The molecule has 6 heteroatoms. The molecule has 0 unspecified atom stereocenters. The quantitative estimate of drug-likeness (QED) is 0.681. The summed E-state index contributed by atoms with van der Waals surface area (Å²) < 4.78 is 37.6. The van der Waals surface area contributed by atoms with Crippen LogP contribution in [-0.4, -0.2) is 56.7 Å². The number of benzene rings is 2. The summed E-state index contributed by atoms with van der Waals surface area (Å²) in [7, 11) is -3.34. The second kappa shape index (κ2) is 8.95.